The molecule has 0 aliphatic carbocycles. The third-order valence-electron chi connectivity index (χ3n) is 3.91. The molecule has 0 unspecified atom stereocenters. The molecule has 7 heteroatoms. The van der Waals surface area contributed by atoms with Gasteiger partial charge in [-0.3, -0.25) is 0 Å². The Morgan fingerprint density at radius 3 is 2.91 bits per heavy atom. The van der Waals surface area contributed by atoms with Crippen LogP contribution < -0.4 is 9.64 Å². The van der Waals surface area contributed by atoms with E-state index in [1.165, 1.54) is 12.5 Å². The number of nitrogens with zero attached hydrogens (tertiary/aromatic N) is 5. The quantitative estimate of drug-likeness (QED) is 0.861. The highest BCUT2D eigenvalue weighted by molar-refractivity contribution is 5.39. The van der Waals surface area contributed by atoms with E-state index in [9.17, 15) is 4.39 Å². The summed E-state index contributed by atoms with van der Waals surface area (Å²) in [6.45, 7) is 1.94. The van der Waals surface area contributed by atoms with E-state index in [4.69, 9.17) is 10.00 Å². The van der Waals surface area contributed by atoms with Crippen LogP contribution in [-0.4, -0.2) is 34.6 Å². The van der Waals surface area contributed by atoms with Crippen LogP contribution in [0.25, 0.3) is 0 Å². The van der Waals surface area contributed by atoms with Crippen LogP contribution in [0.1, 0.15) is 18.4 Å². The molecule has 0 radical (unpaired) electrons. The monoisotopic (exact) mass is 313 g/mol. The number of halogens is 1. The molecule has 0 spiro atoms. The van der Waals surface area contributed by atoms with Gasteiger partial charge in [0.25, 0.3) is 0 Å². The van der Waals surface area contributed by atoms with Crippen molar-refractivity contribution < 1.29 is 9.13 Å². The fourth-order valence-electron chi connectivity index (χ4n) is 2.64. The highest BCUT2D eigenvalue weighted by Gasteiger charge is 2.23. The summed E-state index contributed by atoms with van der Waals surface area (Å²) in [4.78, 5) is 13.7. The number of rotatable bonds is 4. The Morgan fingerprint density at radius 1 is 1.35 bits per heavy atom. The van der Waals surface area contributed by atoms with Crippen LogP contribution in [0.5, 0.6) is 5.88 Å². The second-order valence-electron chi connectivity index (χ2n) is 5.40. The Balaban J connectivity index is 1.54. The van der Waals surface area contributed by atoms with E-state index >= 15 is 0 Å². The molecule has 6 nitrogen and oxygen atoms in total. The normalized spacial score (nSPS) is 15.2. The van der Waals surface area contributed by atoms with Gasteiger partial charge in [-0.05, 0) is 30.9 Å². The smallest absolute Gasteiger partial charge is 0.231 e. The molecule has 0 N–H and O–H groups in total. The molecule has 0 saturated carbocycles. The molecule has 1 fully saturated rings. The first-order valence-corrected chi connectivity index (χ1v) is 7.46. The number of ether oxygens (including phenoxy) is 1. The van der Waals surface area contributed by atoms with Crippen LogP contribution in [-0.2, 0) is 0 Å². The van der Waals surface area contributed by atoms with Crippen LogP contribution in [0.15, 0.2) is 30.9 Å². The predicted molar refractivity (Wildman–Crippen MR) is 81.4 cm³/mol. The highest BCUT2D eigenvalue weighted by Crippen LogP contribution is 2.24. The molecular formula is C16H16FN5O. The summed E-state index contributed by atoms with van der Waals surface area (Å²) in [5, 5.41) is 9.02. The second kappa shape index (κ2) is 7.01. The third kappa shape index (κ3) is 3.54. The first-order valence-electron chi connectivity index (χ1n) is 7.46. The molecule has 118 valence electrons. The lowest BCUT2D eigenvalue weighted by Gasteiger charge is -2.32. The van der Waals surface area contributed by atoms with Gasteiger partial charge in [-0.15, -0.1) is 0 Å². The van der Waals surface area contributed by atoms with Crippen LogP contribution in [0.4, 0.5) is 10.2 Å². The average Bonchev–Trinajstić information content (AvgIpc) is 2.61. The molecule has 0 aromatic carbocycles. The first-order chi connectivity index (χ1) is 11.3. The molecule has 1 aliphatic heterocycles. The molecule has 2 aromatic heterocycles. The van der Waals surface area contributed by atoms with Crippen molar-refractivity contribution in [3.63, 3.8) is 0 Å². The zero-order valence-electron chi connectivity index (χ0n) is 12.5. The van der Waals surface area contributed by atoms with E-state index in [-0.39, 0.29) is 0 Å². The molecule has 1 saturated heterocycles. The standard InChI is InChI=1S/C16H16FN5O/c17-14-9-19-11-21-15(14)22-6-3-12(4-7-22)10-23-16-13(8-18)2-1-5-20-16/h1-2,5,9,11-12H,3-4,6-7,10H2. The van der Waals surface area contributed by atoms with Gasteiger partial charge in [0.15, 0.2) is 11.6 Å². The third-order valence-corrected chi connectivity index (χ3v) is 3.91. The first kappa shape index (κ1) is 15.2. The van der Waals surface area contributed by atoms with Crippen molar-refractivity contribution in [2.24, 2.45) is 5.92 Å². The minimum Gasteiger partial charge on any atom is -0.476 e. The van der Waals surface area contributed by atoms with Crippen molar-refractivity contribution in [3.05, 3.63) is 42.2 Å². The van der Waals surface area contributed by atoms with E-state index in [1.54, 1.807) is 18.3 Å². The molecule has 2 aromatic rings. The summed E-state index contributed by atoms with van der Waals surface area (Å²) in [7, 11) is 0. The van der Waals surface area contributed by atoms with E-state index in [2.05, 4.69) is 21.0 Å². The maximum atomic E-state index is 13.7. The van der Waals surface area contributed by atoms with Crippen molar-refractivity contribution >= 4 is 5.82 Å². The summed E-state index contributed by atoms with van der Waals surface area (Å²) in [6.07, 6.45) is 5.90. The Labute approximate surface area is 133 Å². The van der Waals surface area contributed by atoms with E-state index < -0.39 is 5.82 Å². The van der Waals surface area contributed by atoms with E-state index in [0.717, 1.165) is 25.9 Å². The highest BCUT2D eigenvalue weighted by atomic mass is 19.1. The number of anilines is 1. The maximum Gasteiger partial charge on any atom is 0.231 e. The van der Waals surface area contributed by atoms with Gasteiger partial charge in [0.05, 0.1) is 12.8 Å². The summed E-state index contributed by atoms with van der Waals surface area (Å²) in [6, 6.07) is 5.46. The van der Waals surface area contributed by atoms with Gasteiger partial charge in [-0.2, -0.15) is 5.26 Å². The Bertz CT molecular complexity index is 710. The van der Waals surface area contributed by atoms with E-state index in [1.807, 2.05) is 4.90 Å². The summed E-state index contributed by atoms with van der Waals surface area (Å²) >= 11 is 0. The van der Waals surface area contributed by atoms with Crippen molar-refractivity contribution in [2.75, 3.05) is 24.6 Å². The molecule has 3 heterocycles. The van der Waals surface area contributed by atoms with Gasteiger partial charge in [-0.1, -0.05) is 0 Å². The topological polar surface area (TPSA) is 74.9 Å². The van der Waals surface area contributed by atoms with Gasteiger partial charge in [-0.25, -0.2) is 19.3 Å². The lowest BCUT2D eigenvalue weighted by Crippen LogP contribution is -2.36. The fraction of sp³-hybridized carbons (Fsp3) is 0.375. The number of nitriles is 1. The van der Waals surface area contributed by atoms with Gasteiger partial charge >= 0.3 is 0 Å². The van der Waals surface area contributed by atoms with Crippen molar-refractivity contribution in [2.45, 2.75) is 12.8 Å². The molecule has 0 amide bonds. The largest absolute Gasteiger partial charge is 0.476 e. The molecular weight excluding hydrogens is 297 g/mol. The molecule has 0 bridgehead atoms. The van der Waals surface area contributed by atoms with Gasteiger partial charge < -0.3 is 9.64 Å². The lowest BCUT2D eigenvalue weighted by atomic mass is 9.98. The average molecular weight is 313 g/mol. The zero-order valence-corrected chi connectivity index (χ0v) is 12.5. The van der Waals surface area contributed by atoms with Gasteiger partial charge in [0.1, 0.15) is 18.0 Å². The lowest BCUT2D eigenvalue weighted by molar-refractivity contribution is 0.215. The van der Waals surface area contributed by atoms with Crippen molar-refractivity contribution in [1.29, 1.82) is 5.26 Å². The number of hydrogen-bond acceptors (Lipinski definition) is 6. The number of pyridine rings is 1. The SMILES string of the molecule is N#Cc1cccnc1OCC1CCN(c2ncncc2F)CC1. The van der Waals surface area contributed by atoms with Crippen LogP contribution in [0.2, 0.25) is 0 Å². The summed E-state index contributed by atoms with van der Waals surface area (Å²) in [5.74, 6) is 0.689. The van der Waals surface area contributed by atoms with Gasteiger partial charge in [0.2, 0.25) is 5.88 Å². The fourth-order valence-corrected chi connectivity index (χ4v) is 2.64. The molecule has 23 heavy (non-hydrogen) atoms. The zero-order chi connectivity index (χ0) is 16.1. The Kier molecular flexibility index (Phi) is 4.62. The number of hydrogen-bond donors (Lipinski definition) is 0. The number of piperidine rings is 1. The Hall–Kier alpha value is -2.75. The summed E-state index contributed by atoms with van der Waals surface area (Å²) < 4.78 is 19.4. The minimum atomic E-state index is -0.394. The van der Waals surface area contributed by atoms with Gasteiger partial charge in [0, 0.05) is 19.3 Å². The second-order valence-corrected chi connectivity index (χ2v) is 5.40. The Morgan fingerprint density at radius 2 is 2.17 bits per heavy atom. The number of aromatic nitrogens is 3. The van der Waals surface area contributed by atoms with Crippen LogP contribution in [0.3, 0.4) is 0 Å². The molecule has 1 aliphatic rings. The minimum absolute atomic E-state index is 0.352. The molecule has 0 atom stereocenters. The van der Waals surface area contributed by atoms with E-state index in [0.29, 0.717) is 29.8 Å². The summed E-state index contributed by atoms with van der Waals surface area (Å²) in [5.41, 5.74) is 0.438. The predicted octanol–water partition coefficient (Wildman–Crippen LogP) is 2.18. The van der Waals surface area contributed by atoms with Crippen molar-refractivity contribution in [3.8, 4) is 11.9 Å². The van der Waals surface area contributed by atoms with Crippen LogP contribution >= 0.6 is 0 Å². The van der Waals surface area contributed by atoms with Crippen molar-refractivity contribution in [1.82, 2.24) is 15.0 Å². The molecule has 3 rings (SSSR count). The maximum absolute atomic E-state index is 13.7. The van der Waals surface area contributed by atoms with Crippen LogP contribution in [0, 0.1) is 23.1 Å².